The molecule has 1 aromatic heterocycles. The predicted molar refractivity (Wildman–Crippen MR) is 77.4 cm³/mol. The maximum absolute atomic E-state index is 12.2. The van der Waals surface area contributed by atoms with Crippen LogP contribution in [0.1, 0.15) is 12.0 Å². The molecule has 2 aromatic rings. The second-order valence-electron chi connectivity index (χ2n) is 4.66. The molecule has 0 amide bonds. The van der Waals surface area contributed by atoms with E-state index in [1.165, 1.54) is 16.8 Å². The van der Waals surface area contributed by atoms with Gasteiger partial charge in [0.2, 0.25) is 0 Å². The van der Waals surface area contributed by atoms with Crippen molar-refractivity contribution in [1.29, 1.82) is 0 Å². The third kappa shape index (κ3) is 2.93. The molecular formula is C14H16N2O5. The number of benzene rings is 1. The summed E-state index contributed by atoms with van der Waals surface area (Å²) in [4.78, 5) is 23.0. The molecule has 0 aliphatic carbocycles. The standard InChI is InChI=1S/C14H16N2O5/c17-8-1-2-10-3-4-12-11(13(10)16(20)21)5-6-15(7-9-18)14(12)19/h3-6,17-18H,1-2,7-9H2. The van der Waals surface area contributed by atoms with Crippen LogP contribution in [0, 0.1) is 10.1 Å². The molecule has 0 aliphatic rings. The van der Waals surface area contributed by atoms with E-state index in [9.17, 15) is 14.9 Å². The summed E-state index contributed by atoms with van der Waals surface area (Å²) in [5, 5.41) is 29.6. The number of aryl methyl sites for hydroxylation is 1. The Kier molecular flexibility index (Phi) is 4.66. The van der Waals surface area contributed by atoms with Crippen LogP contribution < -0.4 is 5.56 Å². The Hall–Kier alpha value is -2.25. The highest BCUT2D eigenvalue weighted by Crippen LogP contribution is 2.28. The maximum atomic E-state index is 12.2. The molecule has 1 aromatic carbocycles. The molecule has 21 heavy (non-hydrogen) atoms. The number of fused-ring (bicyclic) bond motifs is 1. The van der Waals surface area contributed by atoms with Gasteiger partial charge in [-0.1, -0.05) is 6.07 Å². The Bertz CT molecular complexity index is 723. The van der Waals surface area contributed by atoms with Crippen LogP contribution in [0.15, 0.2) is 29.2 Å². The van der Waals surface area contributed by atoms with Gasteiger partial charge in [0.15, 0.2) is 0 Å². The second kappa shape index (κ2) is 6.47. The summed E-state index contributed by atoms with van der Waals surface area (Å²) >= 11 is 0. The van der Waals surface area contributed by atoms with Gasteiger partial charge >= 0.3 is 0 Å². The van der Waals surface area contributed by atoms with Gasteiger partial charge in [-0.3, -0.25) is 14.9 Å². The van der Waals surface area contributed by atoms with Gasteiger partial charge in [-0.05, 0) is 25.0 Å². The van der Waals surface area contributed by atoms with Gasteiger partial charge < -0.3 is 14.8 Å². The molecule has 0 saturated carbocycles. The van der Waals surface area contributed by atoms with Crippen LogP contribution >= 0.6 is 0 Å². The lowest BCUT2D eigenvalue weighted by atomic mass is 10.0. The lowest BCUT2D eigenvalue weighted by molar-refractivity contribution is -0.383. The van der Waals surface area contributed by atoms with Gasteiger partial charge in [0.25, 0.3) is 11.2 Å². The van der Waals surface area contributed by atoms with Crippen LogP contribution in [0.2, 0.25) is 0 Å². The second-order valence-corrected chi connectivity index (χ2v) is 4.66. The van der Waals surface area contributed by atoms with Gasteiger partial charge in [-0.2, -0.15) is 0 Å². The minimum absolute atomic E-state index is 0.0483. The fourth-order valence-corrected chi connectivity index (χ4v) is 2.37. The fraction of sp³-hybridized carbons (Fsp3) is 0.357. The first kappa shape index (κ1) is 15.1. The van der Waals surface area contributed by atoms with Gasteiger partial charge in [0.05, 0.1) is 22.3 Å². The zero-order chi connectivity index (χ0) is 15.4. The quantitative estimate of drug-likeness (QED) is 0.606. The molecule has 112 valence electrons. The van der Waals surface area contributed by atoms with Crippen LogP contribution in [-0.4, -0.2) is 32.9 Å². The van der Waals surface area contributed by atoms with Crippen molar-refractivity contribution >= 4 is 16.5 Å². The Balaban J connectivity index is 2.67. The third-order valence-corrected chi connectivity index (χ3v) is 3.34. The first-order chi connectivity index (χ1) is 10.1. The van der Waals surface area contributed by atoms with E-state index >= 15 is 0 Å². The third-order valence-electron chi connectivity index (χ3n) is 3.34. The Morgan fingerprint density at radius 2 is 1.90 bits per heavy atom. The molecular weight excluding hydrogens is 276 g/mol. The topological polar surface area (TPSA) is 106 Å². The number of pyridine rings is 1. The van der Waals surface area contributed by atoms with E-state index in [4.69, 9.17) is 10.2 Å². The van der Waals surface area contributed by atoms with Gasteiger partial charge in [-0.15, -0.1) is 0 Å². The lowest BCUT2D eigenvalue weighted by Gasteiger charge is -2.08. The minimum atomic E-state index is -0.495. The molecule has 0 fully saturated rings. The van der Waals surface area contributed by atoms with E-state index in [2.05, 4.69) is 0 Å². The van der Waals surface area contributed by atoms with E-state index in [-0.39, 0.29) is 41.8 Å². The van der Waals surface area contributed by atoms with Crippen molar-refractivity contribution in [2.75, 3.05) is 13.2 Å². The Morgan fingerprint density at radius 1 is 1.14 bits per heavy atom. The SMILES string of the molecule is O=c1c2ccc(CCCO)c([N+](=O)[O-])c2ccn1CCO. The van der Waals surface area contributed by atoms with E-state index < -0.39 is 4.92 Å². The van der Waals surface area contributed by atoms with E-state index in [0.717, 1.165) is 0 Å². The fourth-order valence-electron chi connectivity index (χ4n) is 2.37. The molecule has 0 spiro atoms. The smallest absolute Gasteiger partial charge is 0.280 e. The van der Waals surface area contributed by atoms with Gasteiger partial charge in [-0.25, -0.2) is 0 Å². The minimum Gasteiger partial charge on any atom is -0.396 e. The molecule has 2 rings (SSSR count). The maximum Gasteiger partial charge on any atom is 0.280 e. The molecule has 7 heteroatoms. The highest BCUT2D eigenvalue weighted by Gasteiger charge is 2.19. The first-order valence-corrected chi connectivity index (χ1v) is 6.61. The van der Waals surface area contributed by atoms with E-state index in [0.29, 0.717) is 18.4 Å². The molecule has 1 heterocycles. The lowest BCUT2D eigenvalue weighted by Crippen LogP contribution is -2.21. The number of hydrogen-bond acceptors (Lipinski definition) is 5. The van der Waals surface area contributed by atoms with Crippen LogP contribution in [0.25, 0.3) is 10.8 Å². The van der Waals surface area contributed by atoms with Crippen molar-refractivity contribution in [2.24, 2.45) is 0 Å². The van der Waals surface area contributed by atoms with Crippen molar-refractivity contribution in [3.05, 3.63) is 50.4 Å². The highest BCUT2D eigenvalue weighted by atomic mass is 16.6. The molecule has 0 aliphatic heterocycles. The summed E-state index contributed by atoms with van der Waals surface area (Å²) in [6.45, 7) is -0.0792. The average Bonchev–Trinajstić information content (AvgIpc) is 2.47. The van der Waals surface area contributed by atoms with Crippen LogP contribution in [0.5, 0.6) is 0 Å². The van der Waals surface area contributed by atoms with Crippen molar-refractivity contribution < 1.29 is 15.1 Å². The van der Waals surface area contributed by atoms with Crippen LogP contribution in [0.3, 0.4) is 0 Å². The number of aromatic nitrogens is 1. The number of aliphatic hydroxyl groups is 2. The molecule has 2 N–H and O–H groups in total. The zero-order valence-electron chi connectivity index (χ0n) is 11.4. The summed E-state index contributed by atoms with van der Waals surface area (Å²) < 4.78 is 1.32. The molecule has 7 nitrogen and oxygen atoms in total. The Labute approximate surface area is 120 Å². The van der Waals surface area contributed by atoms with Crippen LogP contribution in [0.4, 0.5) is 5.69 Å². The van der Waals surface area contributed by atoms with Crippen molar-refractivity contribution in [2.45, 2.75) is 19.4 Å². The molecule has 0 unspecified atom stereocenters. The highest BCUT2D eigenvalue weighted by molar-refractivity contribution is 5.91. The summed E-state index contributed by atoms with van der Waals surface area (Å²) in [7, 11) is 0. The largest absolute Gasteiger partial charge is 0.396 e. The summed E-state index contributed by atoms with van der Waals surface area (Å²) in [5.41, 5.74) is 0.0495. The summed E-state index contributed by atoms with van der Waals surface area (Å²) in [6, 6.07) is 4.64. The Morgan fingerprint density at radius 3 is 2.52 bits per heavy atom. The normalized spacial score (nSPS) is 11.0. The molecule has 0 saturated heterocycles. The van der Waals surface area contributed by atoms with Crippen LogP contribution in [-0.2, 0) is 13.0 Å². The molecule has 0 bridgehead atoms. The van der Waals surface area contributed by atoms with Crippen molar-refractivity contribution in [1.82, 2.24) is 4.57 Å². The number of rotatable bonds is 6. The predicted octanol–water partition coefficient (Wildman–Crippen LogP) is 0.827. The molecule has 0 radical (unpaired) electrons. The number of aliphatic hydroxyl groups excluding tert-OH is 2. The number of nitro benzene ring substituents is 1. The summed E-state index contributed by atoms with van der Waals surface area (Å²) in [6.07, 6.45) is 2.25. The van der Waals surface area contributed by atoms with Crippen molar-refractivity contribution in [3.8, 4) is 0 Å². The zero-order valence-corrected chi connectivity index (χ0v) is 11.4. The monoisotopic (exact) mass is 292 g/mol. The number of nitro groups is 1. The van der Waals surface area contributed by atoms with Gasteiger partial charge in [0, 0.05) is 24.9 Å². The average molecular weight is 292 g/mol. The first-order valence-electron chi connectivity index (χ1n) is 6.61. The number of nitrogens with zero attached hydrogens (tertiary/aromatic N) is 2. The van der Waals surface area contributed by atoms with E-state index in [1.54, 1.807) is 12.1 Å². The summed E-state index contributed by atoms with van der Waals surface area (Å²) in [5.74, 6) is 0. The van der Waals surface area contributed by atoms with E-state index in [1.807, 2.05) is 0 Å². The van der Waals surface area contributed by atoms with Gasteiger partial charge in [0.1, 0.15) is 0 Å². The number of hydrogen-bond donors (Lipinski definition) is 2. The molecule has 0 atom stereocenters. The van der Waals surface area contributed by atoms with Crippen molar-refractivity contribution in [3.63, 3.8) is 0 Å².